The van der Waals surface area contributed by atoms with E-state index >= 15 is 0 Å². The average Bonchev–Trinajstić information content (AvgIpc) is 2.54. The number of aryl methyl sites for hydroxylation is 1. The quantitative estimate of drug-likeness (QED) is 0.940. The first kappa shape index (κ1) is 14.0. The summed E-state index contributed by atoms with van der Waals surface area (Å²) < 4.78 is 11.1. The summed E-state index contributed by atoms with van der Waals surface area (Å²) in [6, 6.07) is 13.7. The molecular formula is C18H20O3. The van der Waals surface area contributed by atoms with Gasteiger partial charge in [0.1, 0.15) is 18.8 Å². The normalized spacial score (nSPS) is 16.3. The molecule has 0 saturated heterocycles. The van der Waals surface area contributed by atoms with Crippen molar-refractivity contribution < 1.29 is 14.6 Å². The largest absolute Gasteiger partial charge is 0.486 e. The minimum absolute atomic E-state index is 0.545. The summed E-state index contributed by atoms with van der Waals surface area (Å²) >= 11 is 0. The molecule has 0 aliphatic carbocycles. The zero-order valence-corrected chi connectivity index (χ0v) is 12.4. The number of hydrogen-bond donors (Lipinski definition) is 1. The predicted octanol–water partition coefficient (Wildman–Crippen LogP) is 3.28. The van der Waals surface area contributed by atoms with Crippen LogP contribution in [0.15, 0.2) is 42.5 Å². The van der Waals surface area contributed by atoms with E-state index in [1.165, 1.54) is 5.56 Å². The van der Waals surface area contributed by atoms with Gasteiger partial charge in [-0.1, -0.05) is 37.3 Å². The van der Waals surface area contributed by atoms with Crippen LogP contribution in [0, 0.1) is 0 Å². The summed E-state index contributed by atoms with van der Waals surface area (Å²) in [6.07, 6.45) is 0.993. The fraction of sp³-hybridized carbons (Fsp3) is 0.333. The topological polar surface area (TPSA) is 38.7 Å². The Morgan fingerprint density at radius 1 is 0.952 bits per heavy atom. The van der Waals surface area contributed by atoms with Crippen LogP contribution in [0.3, 0.4) is 0 Å². The van der Waals surface area contributed by atoms with Gasteiger partial charge in [-0.25, -0.2) is 0 Å². The van der Waals surface area contributed by atoms with E-state index in [0.717, 1.165) is 23.3 Å². The minimum atomic E-state index is -1.05. The van der Waals surface area contributed by atoms with E-state index < -0.39 is 5.60 Å². The Morgan fingerprint density at radius 2 is 1.57 bits per heavy atom. The summed E-state index contributed by atoms with van der Waals surface area (Å²) in [5, 5.41) is 10.9. The van der Waals surface area contributed by atoms with Gasteiger partial charge in [-0.15, -0.1) is 0 Å². The molecule has 1 atom stereocenters. The lowest BCUT2D eigenvalue weighted by Crippen LogP contribution is -2.23. The number of rotatable bonds is 3. The molecule has 1 aliphatic rings. The van der Waals surface area contributed by atoms with Gasteiger partial charge in [0.05, 0.1) is 0 Å². The van der Waals surface area contributed by atoms with Crippen molar-refractivity contribution in [3.8, 4) is 11.5 Å². The van der Waals surface area contributed by atoms with Gasteiger partial charge in [0, 0.05) is 0 Å². The Morgan fingerprint density at radius 3 is 2.24 bits per heavy atom. The molecular weight excluding hydrogens is 264 g/mol. The van der Waals surface area contributed by atoms with Crippen LogP contribution in [-0.2, 0) is 12.0 Å². The molecule has 0 saturated carbocycles. The molecule has 1 N–H and O–H groups in total. The molecule has 0 amide bonds. The smallest absolute Gasteiger partial charge is 0.161 e. The van der Waals surface area contributed by atoms with Crippen LogP contribution in [0.2, 0.25) is 0 Å². The third kappa shape index (κ3) is 2.61. The summed E-state index contributed by atoms with van der Waals surface area (Å²) in [5.74, 6) is 1.44. The predicted molar refractivity (Wildman–Crippen MR) is 81.9 cm³/mol. The number of hydrogen-bond acceptors (Lipinski definition) is 3. The lowest BCUT2D eigenvalue weighted by atomic mass is 9.87. The molecule has 1 aliphatic heterocycles. The summed E-state index contributed by atoms with van der Waals surface area (Å²) in [7, 11) is 0. The highest BCUT2D eigenvalue weighted by Crippen LogP contribution is 2.37. The van der Waals surface area contributed by atoms with Crippen LogP contribution in [0.25, 0.3) is 0 Å². The number of fused-ring (bicyclic) bond motifs is 1. The van der Waals surface area contributed by atoms with E-state index in [2.05, 4.69) is 19.1 Å². The molecule has 3 rings (SSSR count). The molecule has 0 fully saturated rings. The third-order valence-electron chi connectivity index (χ3n) is 4.03. The third-order valence-corrected chi connectivity index (χ3v) is 4.03. The Bertz CT molecular complexity index is 629. The first-order valence-electron chi connectivity index (χ1n) is 7.33. The summed E-state index contributed by atoms with van der Waals surface area (Å²) in [4.78, 5) is 0. The van der Waals surface area contributed by atoms with E-state index in [9.17, 15) is 5.11 Å². The first-order valence-corrected chi connectivity index (χ1v) is 7.33. The van der Waals surface area contributed by atoms with Crippen molar-refractivity contribution in [2.75, 3.05) is 13.2 Å². The van der Waals surface area contributed by atoms with E-state index in [1.54, 1.807) is 6.92 Å². The maximum Gasteiger partial charge on any atom is 0.161 e. The van der Waals surface area contributed by atoms with E-state index in [-0.39, 0.29) is 0 Å². The van der Waals surface area contributed by atoms with Gasteiger partial charge in [0.15, 0.2) is 11.5 Å². The Kier molecular flexibility index (Phi) is 3.60. The molecule has 2 aromatic rings. The highest BCUT2D eigenvalue weighted by molar-refractivity contribution is 5.48. The van der Waals surface area contributed by atoms with Crippen molar-refractivity contribution in [2.24, 2.45) is 0 Å². The second kappa shape index (κ2) is 5.41. The molecule has 21 heavy (non-hydrogen) atoms. The second-order valence-electron chi connectivity index (χ2n) is 5.48. The van der Waals surface area contributed by atoms with Crippen LogP contribution in [0.1, 0.15) is 30.5 Å². The highest BCUT2D eigenvalue weighted by atomic mass is 16.6. The Labute approximate surface area is 125 Å². The molecule has 3 heteroatoms. The molecule has 1 unspecified atom stereocenters. The fourth-order valence-corrected chi connectivity index (χ4v) is 2.58. The minimum Gasteiger partial charge on any atom is -0.486 e. The van der Waals surface area contributed by atoms with Crippen molar-refractivity contribution in [3.63, 3.8) is 0 Å². The standard InChI is InChI=1S/C18H20O3/c1-3-13-4-6-14(7-5-13)18(2,19)15-8-9-16-17(12-15)21-11-10-20-16/h4-9,12,19H,3,10-11H2,1-2H3. The van der Waals surface area contributed by atoms with Gasteiger partial charge in [-0.2, -0.15) is 0 Å². The van der Waals surface area contributed by atoms with Crippen molar-refractivity contribution in [1.82, 2.24) is 0 Å². The summed E-state index contributed by atoms with van der Waals surface area (Å²) in [5.41, 5.74) is 1.88. The lowest BCUT2D eigenvalue weighted by Gasteiger charge is -2.27. The van der Waals surface area contributed by atoms with E-state index in [1.807, 2.05) is 30.3 Å². The van der Waals surface area contributed by atoms with Crippen LogP contribution in [0.5, 0.6) is 11.5 Å². The maximum atomic E-state index is 10.9. The molecule has 0 bridgehead atoms. The molecule has 0 radical (unpaired) electrons. The second-order valence-corrected chi connectivity index (χ2v) is 5.48. The molecule has 1 heterocycles. The molecule has 2 aromatic carbocycles. The Hall–Kier alpha value is -2.00. The molecule has 110 valence electrons. The van der Waals surface area contributed by atoms with Crippen LogP contribution in [-0.4, -0.2) is 18.3 Å². The summed E-state index contributed by atoms with van der Waals surface area (Å²) in [6.45, 7) is 5.04. The SMILES string of the molecule is CCc1ccc(C(C)(O)c2ccc3c(c2)OCCO3)cc1. The monoisotopic (exact) mass is 284 g/mol. The van der Waals surface area contributed by atoms with Crippen molar-refractivity contribution in [2.45, 2.75) is 25.9 Å². The number of benzene rings is 2. The zero-order chi connectivity index (χ0) is 14.9. The van der Waals surface area contributed by atoms with Gasteiger partial charge in [-0.05, 0) is 42.2 Å². The van der Waals surface area contributed by atoms with E-state index in [0.29, 0.717) is 19.0 Å². The zero-order valence-electron chi connectivity index (χ0n) is 12.4. The fourth-order valence-electron chi connectivity index (χ4n) is 2.58. The molecule has 0 aromatic heterocycles. The van der Waals surface area contributed by atoms with Crippen LogP contribution >= 0.6 is 0 Å². The van der Waals surface area contributed by atoms with Crippen LogP contribution < -0.4 is 9.47 Å². The van der Waals surface area contributed by atoms with Crippen LogP contribution in [0.4, 0.5) is 0 Å². The molecule has 3 nitrogen and oxygen atoms in total. The van der Waals surface area contributed by atoms with Gasteiger partial charge >= 0.3 is 0 Å². The average molecular weight is 284 g/mol. The molecule has 0 spiro atoms. The van der Waals surface area contributed by atoms with Crippen molar-refractivity contribution in [1.29, 1.82) is 0 Å². The first-order chi connectivity index (χ1) is 10.1. The number of aliphatic hydroxyl groups is 1. The lowest BCUT2D eigenvalue weighted by molar-refractivity contribution is 0.101. The number of ether oxygens (including phenoxy) is 2. The van der Waals surface area contributed by atoms with Crippen molar-refractivity contribution >= 4 is 0 Å². The maximum absolute atomic E-state index is 10.9. The Balaban J connectivity index is 1.96. The highest BCUT2D eigenvalue weighted by Gasteiger charge is 2.27. The van der Waals surface area contributed by atoms with Gasteiger partial charge in [0.25, 0.3) is 0 Å². The van der Waals surface area contributed by atoms with Gasteiger partial charge < -0.3 is 14.6 Å². The van der Waals surface area contributed by atoms with E-state index in [4.69, 9.17) is 9.47 Å². The van der Waals surface area contributed by atoms with Crippen molar-refractivity contribution in [3.05, 3.63) is 59.2 Å². The van der Waals surface area contributed by atoms with Gasteiger partial charge in [0.2, 0.25) is 0 Å². The van der Waals surface area contributed by atoms with Gasteiger partial charge in [-0.3, -0.25) is 0 Å².